The van der Waals surface area contributed by atoms with Gasteiger partial charge in [-0.15, -0.1) is 0 Å². The van der Waals surface area contributed by atoms with Crippen LogP contribution in [0.15, 0.2) is 24.3 Å². The molecule has 0 atom stereocenters. The van der Waals surface area contributed by atoms with E-state index in [0.717, 1.165) is 5.56 Å². The molecule has 1 aromatic carbocycles. The third-order valence-corrected chi connectivity index (χ3v) is 6.12. The molecule has 0 saturated heterocycles. The SMILES string of the molecule is O=C(I)c1ccc([I-]I)cc1. The third-order valence-electron chi connectivity index (χ3n) is 1.15. The molecule has 0 aliphatic rings. The van der Waals surface area contributed by atoms with E-state index in [9.17, 15) is 4.79 Å². The minimum atomic E-state index is 0.112. The van der Waals surface area contributed by atoms with Crippen LogP contribution in [0.25, 0.3) is 0 Å². The number of benzene rings is 1. The summed E-state index contributed by atoms with van der Waals surface area (Å²) in [6, 6.07) is 7.85. The maximum absolute atomic E-state index is 10.8. The van der Waals surface area contributed by atoms with E-state index in [0.29, 0.717) is 0 Å². The number of hydrogen-bond acceptors (Lipinski definition) is 1. The summed E-state index contributed by atoms with van der Waals surface area (Å²) in [5.41, 5.74) is 0.795. The summed E-state index contributed by atoms with van der Waals surface area (Å²) in [7, 11) is 0. The Balaban J connectivity index is 2.91. The number of hydrogen-bond donors (Lipinski definition) is 0. The molecule has 0 N–H and O–H groups in total. The predicted molar refractivity (Wildman–Crippen MR) is 57.5 cm³/mol. The van der Waals surface area contributed by atoms with Gasteiger partial charge in [0.2, 0.25) is 0 Å². The second-order valence-electron chi connectivity index (χ2n) is 1.85. The van der Waals surface area contributed by atoms with Crippen molar-refractivity contribution in [3.05, 3.63) is 33.4 Å². The maximum atomic E-state index is 10.8. The van der Waals surface area contributed by atoms with Crippen LogP contribution in [0.5, 0.6) is 0 Å². The van der Waals surface area contributed by atoms with Gasteiger partial charge < -0.3 is 0 Å². The average molecular weight is 485 g/mol. The van der Waals surface area contributed by atoms with Gasteiger partial charge in [-0.05, 0) is 0 Å². The molecule has 0 amide bonds. The fourth-order valence-electron chi connectivity index (χ4n) is 0.629. The zero-order chi connectivity index (χ0) is 8.27. The fraction of sp³-hybridized carbons (Fsp3) is 0. The minimum absolute atomic E-state index is 0.112. The summed E-state index contributed by atoms with van der Waals surface area (Å²) < 4.78 is 1.48. The Bertz CT molecular complexity index is 255. The average Bonchev–Trinajstić information content (AvgIpc) is 2.05. The molecule has 0 radical (unpaired) electrons. The zero-order valence-electron chi connectivity index (χ0n) is 5.35. The molecule has 1 nitrogen and oxygen atoms in total. The van der Waals surface area contributed by atoms with E-state index < -0.39 is 0 Å². The molecule has 0 aliphatic heterocycles. The van der Waals surface area contributed by atoms with E-state index in [2.05, 4.69) is 18.6 Å². The Labute approximate surface area is 98.9 Å². The van der Waals surface area contributed by atoms with Gasteiger partial charge in [0, 0.05) is 0 Å². The molecule has 0 heterocycles. The van der Waals surface area contributed by atoms with Gasteiger partial charge in [-0.25, -0.2) is 0 Å². The van der Waals surface area contributed by atoms with Gasteiger partial charge in [-0.3, -0.25) is 0 Å². The standard InChI is InChI=1S/C7H4I3O/c8-7(11)5-1-3-6(10-9)4-2-5/h1-4H/q-1. The second kappa shape index (κ2) is 4.95. The molecule has 1 rings (SSSR count). The fourth-order valence-corrected chi connectivity index (χ4v) is 3.44. The summed E-state index contributed by atoms with van der Waals surface area (Å²) in [4.78, 5) is 10.8. The molecule has 0 fully saturated rings. The van der Waals surface area contributed by atoms with Crippen molar-refractivity contribution >= 4 is 45.0 Å². The van der Waals surface area contributed by atoms with Crippen LogP contribution in [0.4, 0.5) is 0 Å². The van der Waals surface area contributed by atoms with E-state index in [1.165, 1.54) is 3.57 Å². The number of rotatable bonds is 2. The summed E-state index contributed by atoms with van der Waals surface area (Å²) in [5, 5.41) is 0. The van der Waals surface area contributed by atoms with Crippen molar-refractivity contribution in [1.29, 1.82) is 0 Å². The monoisotopic (exact) mass is 485 g/mol. The first-order valence-corrected chi connectivity index (χ1v) is 11.2. The van der Waals surface area contributed by atoms with Gasteiger partial charge in [0.05, 0.1) is 0 Å². The number of halogens is 3. The predicted octanol–water partition coefficient (Wildman–Crippen LogP) is -0.130. The van der Waals surface area contributed by atoms with Crippen LogP contribution in [0.3, 0.4) is 0 Å². The van der Waals surface area contributed by atoms with Gasteiger partial charge in [0.15, 0.2) is 0 Å². The van der Waals surface area contributed by atoms with E-state index in [-0.39, 0.29) is 21.0 Å². The first kappa shape index (κ1) is 10.2. The normalized spacial score (nSPS) is 10.0. The van der Waals surface area contributed by atoms with Crippen LogP contribution in [0.1, 0.15) is 10.4 Å². The molecular formula is C7H4I3O-. The van der Waals surface area contributed by atoms with Gasteiger partial charge in [0.1, 0.15) is 0 Å². The molecule has 60 valence electrons. The van der Waals surface area contributed by atoms with Crippen LogP contribution < -0.4 is 17.2 Å². The Morgan fingerprint density at radius 2 is 1.82 bits per heavy atom. The van der Waals surface area contributed by atoms with E-state index in [4.69, 9.17) is 0 Å². The zero-order valence-corrected chi connectivity index (χ0v) is 11.8. The first-order chi connectivity index (χ1) is 5.24. The third kappa shape index (κ3) is 3.13. The molecule has 4 heteroatoms. The molecule has 11 heavy (non-hydrogen) atoms. The van der Waals surface area contributed by atoms with Crippen molar-refractivity contribution in [2.45, 2.75) is 0 Å². The van der Waals surface area contributed by atoms with Gasteiger partial charge in [-0.1, -0.05) is 0 Å². The van der Waals surface area contributed by atoms with E-state index in [1.807, 2.05) is 24.3 Å². The summed E-state index contributed by atoms with van der Waals surface area (Å²) in [6.45, 7) is 0. The van der Waals surface area contributed by atoms with Crippen LogP contribution in [0.2, 0.25) is 0 Å². The molecule has 0 unspecified atom stereocenters. The molecule has 1 aromatic rings. The Morgan fingerprint density at radius 3 is 2.18 bits per heavy atom. The number of carbonyl (C=O) groups is 1. The van der Waals surface area contributed by atoms with Gasteiger partial charge in [-0.2, -0.15) is 0 Å². The van der Waals surface area contributed by atoms with Crippen LogP contribution in [-0.2, 0) is 0 Å². The summed E-state index contributed by atoms with van der Waals surface area (Å²) in [5.74, 6) is 0. The van der Waals surface area contributed by atoms with Gasteiger partial charge >= 0.3 is 100 Å². The Hall–Kier alpha value is 1.08. The van der Waals surface area contributed by atoms with Crippen LogP contribution in [0, 0.1) is 3.57 Å². The Kier molecular flexibility index (Phi) is 4.57. The summed E-state index contributed by atoms with van der Waals surface area (Å²) >= 11 is 4.34. The number of carbonyl (C=O) groups excluding carboxylic acids is 1. The molecule has 0 aliphatic carbocycles. The van der Waals surface area contributed by atoms with Crippen molar-refractivity contribution in [2.24, 2.45) is 0 Å². The van der Waals surface area contributed by atoms with Crippen molar-refractivity contribution in [2.75, 3.05) is 0 Å². The van der Waals surface area contributed by atoms with Crippen molar-refractivity contribution < 1.29 is 22.0 Å². The topological polar surface area (TPSA) is 17.1 Å². The summed E-state index contributed by atoms with van der Waals surface area (Å²) in [6.07, 6.45) is 0. The molecule has 0 bridgehead atoms. The quantitative estimate of drug-likeness (QED) is 0.422. The van der Waals surface area contributed by atoms with Crippen molar-refractivity contribution in [1.82, 2.24) is 0 Å². The molecule has 0 spiro atoms. The van der Waals surface area contributed by atoms with Crippen LogP contribution >= 0.6 is 41.2 Å². The molecule has 0 saturated carbocycles. The van der Waals surface area contributed by atoms with Crippen molar-refractivity contribution in [3.63, 3.8) is 0 Å². The molecular weight excluding hydrogens is 481 g/mol. The Morgan fingerprint density at radius 1 is 1.27 bits per heavy atom. The molecule has 0 aromatic heterocycles. The van der Waals surface area contributed by atoms with Crippen LogP contribution in [-0.4, -0.2) is 3.79 Å². The first-order valence-electron chi connectivity index (χ1n) is 2.80. The van der Waals surface area contributed by atoms with E-state index in [1.54, 1.807) is 22.6 Å². The second-order valence-corrected chi connectivity index (χ2v) is 7.22. The van der Waals surface area contributed by atoms with Gasteiger partial charge in [0.25, 0.3) is 0 Å². The van der Waals surface area contributed by atoms with E-state index >= 15 is 0 Å². The van der Waals surface area contributed by atoms with Crippen molar-refractivity contribution in [3.8, 4) is 0 Å².